The van der Waals surface area contributed by atoms with Crippen LogP contribution in [-0.2, 0) is 4.79 Å². The molecule has 0 aliphatic carbocycles. The lowest BCUT2D eigenvalue weighted by molar-refractivity contribution is -0.385. The van der Waals surface area contributed by atoms with Gasteiger partial charge in [0.2, 0.25) is 5.91 Å². The summed E-state index contributed by atoms with van der Waals surface area (Å²) in [6.45, 7) is 4.37. The van der Waals surface area contributed by atoms with Crippen LogP contribution in [0.2, 0.25) is 0 Å². The minimum atomic E-state index is -0.468. The van der Waals surface area contributed by atoms with E-state index in [0.717, 1.165) is 28.3 Å². The molecule has 30 heavy (non-hydrogen) atoms. The fourth-order valence-corrected chi connectivity index (χ4v) is 4.60. The Morgan fingerprint density at radius 3 is 2.90 bits per heavy atom. The summed E-state index contributed by atoms with van der Waals surface area (Å²) in [7, 11) is 0. The molecule has 1 saturated heterocycles. The second kappa shape index (κ2) is 8.72. The Morgan fingerprint density at radius 2 is 2.20 bits per heavy atom. The van der Waals surface area contributed by atoms with Gasteiger partial charge in [-0.1, -0.05) is 23.5 Å². The molecule has 1 amide bonds. The van der Waals surface area contributed by atoms with Gasteiger partial charge in [-0.15, -0.1) is 0 Å². The lowest BCUT2D eigenvalue weighted by Gasteiger charge is -2.22. The Balaban J connectivity index is 1.34. The number of carbonyl (C=O) groups excluding carboxylic acids is 1. The highest BCUT2D eigenvalue weighted by molar-refractivity contribution is 7.22. The van der Waals surface area contributed by atoms with Crippen LogP contribution in [0.4, 0.5) is 16.6 Å². The number of nitro groups is 1. The van der Waals surface area contributed by atoms with Gasteiger partial charge in [-0.05, 0) is 31.5 Å². The van der Waals surface area contributed by atoms with Gasteiger partial charge in [0.25, 0.3) is 5.69 Å². The molecule has 3 aromatic rings. The summed E-state index contributed by atoms with van der Waals surface area (Å²) in [5.41, 5.74) is 0.874. The summed E-state index contributed by atoms with van der Waals surface area (Å²) >= 11 is 1.53. The number of pyridine rings is 1. The molecule has 1 aromatic carbocycles. The van der Waals surface area contributed by atoms with Gasteiger partial charge < -0.3 is 5.32 Å². The molecule has 0 saturated carbocycles. The zero-order chi connectivity index (χ0) is 21.1. The van der Waals surface area contributed by atoms with Crippen LogP contribution < -0.4 is 10.2 Å². The predicted molar refractivity (Wildman–Crippen MR) is 117 cm³/mol. The minimum Gasteiger partial charge on any atom is -0.366 e. The van der Waals surface area contributed by atoms with E-state index in [1.165, 1.54) is 23.6 Å². The van der Waals surface area contributed by atoms with E-state index >= 15 is 0 Å². The van der Waals surface area contributed by atoms with E-state index in [2.05, 4.69) is 20.2 Å². The Labute approximate surface area is 177 Å². The van der Waals surface area contributed by atoms with Gasteiger partial charge in [0.05, 0.1) is 21.7 Å². The molecule has 4 rings (SSSR count). The number of fused-ring (bicyclic) bond motifs is 1. The topological polar surface area (TPSA) is 104 Å². The van der Waals surface area contributed by atoms with Gasteiger partial charge in [-0.2, -0.15) is 0 Å². The summed E-state index contributed by atoms with van der Waals surface area (Å²) in [4.78, 5) is 35.8. The van der Waals surface area contributed by atoms with Crippen LogP contribution in [0.1, 0.15) is 13.3 Å². The number of aromatic nitrogens is 2. The fraction of sp³-hybridized carbons (Fsp3) is 0.350. The van der Waals surface area contributed by atoms with Gasteiger partial charge in [0.1, 0.15) is 12.0 Å². The third kappa shape index (κ3) is 4.39. The highest BCUT2D eigenvalue weighted by atomic mass is 32.1. The van der Waals surface area contributed by atoms with Crippen molar-refractivity contribution in [3.05, 3.63) is 52.7 Å². The number of carbonyl (C=O) groups is 1. The highest BCUT2D eigenvalue weighted by Gasteiger charge is 2.27. The van der Waals surface area contributed by atoms with E-state index in [9.17, 15) is 14.9 Å². The number of hydrogen-bond donors (Lipinski definition) is 1. The van der Waals surface area contributed by atoms with Crippen molar-refractivity contribution in [1.82, 2.24) is 14.9 Å². The number of nitrogens with zero attached hydrogens (tertiary/aromatic N) is 5. The van der Waals surface area contributed by atoms with E-state index < -0.39 is 4.92 Å². The van der Waals surface area contributed by atoms with Gasteiger partial charge in [0, 0.05) is 31.7 Å². The molecular formula is C20H22N6O3S. The molecule has 1 atom stereocenters. The summed E-state index contributed by atoms with van der Waals surface area (Å²) < 4.78 is 1.07. The van der Waals surface area contributed by atoms with Crippen molar-refractivity contribution < 1.29 is 9.72 Å². The normalized spacial score (nSPS) is 16.6. The van der Waals surface area contributed by atoms with E-state index in [-0.39, 0.29) is 17.6 Å². The van der Waals surface area contributed by atoms with Crippen molar-refractivity contribution in [3.63, 3.8) is 0 Å². The number of anilines is 2. The number of rotatable bonds is 7. The van der Waals surface area contributed by atoms with Gasteiger partial charge >= 0.3 is 0 Å². The molecular weight excluding hydrogens is 404 g/mol. The van der Waals surface area contributed by atoms with Crippen molar-refractivity contribution in [2.24, 2.45) is 0 Å². The van der Waals surface area contributed by atoms with Gasteiger partial charge in [-0.3, -0.25) is 24.7 Å². The SMILES string of the molecule is CCN(C(=O)CN1CCC(Nc2ccc([N+](=O)[O-])cn2)C1)c1nc2ccccc2s1. The van der Waals surface area contributed by atoms with Crippen molar-refractivity contribution in [1.29, 1.82) is 0 Å². The monoisotopic (exact) mass is 426 g/mol. The lowest BCUT2D eigenvalue weighted by atomic mass is 10.2. The van der Waals surface area contributed by atoms with Crippen LogP contribution in [0.3, 0.4) is 0 Å². The number of para-hydroxylation sites is 1. The Morgan fingerprint density at radius 1 is 1.37 bits per heavy atom. The fourth-order valence-electron chi connectivity index (χ4n) is 3.55. The molecule has 10 heteroatoms. The maximum absolute atomic E-state index is 12.9. The Hall–Kier alpha value is -3.11. The van der Waals surface area contributed by atoms with Gasteiger partial charge in [0.15, 0.2) is 5.13 Å². The predicted octanol–water partition coefficient (Wildman–Crippen LogP) is 3.14. The van der Waals surface area contributed by atoms with E-state index in [4.69, 9.17) is 0 Å². The van der Waals surface area contributed by atoms with Crippen molar-refractivity contribution in [3.8, 4) is 0 Å². The maximum Gasteiger partial charge on any atom is 0.287 e. The smallest absolute Gasteiger partial charge is 0.287 e. The Bertz CT molecular complexity index is 1020. The lowest BCUT2D eigenvalue weighted by Crippen LogP contribution is -2.40. The number of benzene rings is 1. The van der Waals surface area contributed by atoms with Crippen molar-refractivity contribution in [2.45, 2.75) is 19.4 Å². The van der Waals surface area contributed by atoms with Gasteiger partial charge in [-0.25, -0.2) is 9.97 Å². The first-order valence-electron chi connectivity index (χ1n) is 9.78. The average Bonchev–Trinajstić information content (AvgIpc) is 3.35. The third-order valence-corrected chi connectivity index (χ3v) is 6.13. The molecule has 0 radical (unpaired) electrons. The molecule has 1 aliphatic heterocycles. The quantitative estimate of drug-likeness (QED) is 0.457. The van der Waals surface area contributed by atoms with Crippen LogP contribution in [-0.4, -0.2) is 57.9 Å². The number of likely N-dealkylation sites (N-methyl/N-ethyl adjacent to an activating group) is 1. The molecule has 1 N–H and O–H groups in total. The molecule has 9 nitrogen and oxygen atoms in total. The van der Waals surface area contributed by atoms with Crippen LogP contribution >= 0.6 is 11.3 Å². The number of hydrogen-bond acceptors (Lipinski definition) is 8. The number of amides is 1. The number of likely N-dealkylation sites (tertiary alicyclic amines) is 1. The third-order valence-electron chi connectivity index (χ3n) is 5.07. The first kappa shape index (κ1) is 20.2. The highest BCUT2D eigenvalue weighted by Crippen LogP contribution is 2.28. The van der Waals surface area contributed by atoms with Crippen LogP contribution in [0.5, 0.6) is 0 Å². The Kier molecular flexibility index (Phi) is 5.86. The summed E-state index contributed by atoms with van der Waals surface area (Å²) in [5, 5.41) is 14.8. The van der Waals surface area contributed by atoms with Crippen molar-refractivity contribution in [2.75, 3.05) is 36.4 Å². The molecule has 0 spiro atoms. The largest absolute Gasteiger partial charge is 0.366 e. The first-order chi connectivity index (χ1) is 14.5. The molecule has 2 aromatic heterocycles. The minimum absolute atomic E-state index is 0.0330. The van der Waals surface area contributed by atoms with E-state index in [0.29, 0.717) is 25.5 Å². The average molecular weight is 427 g/mol. The standard InChI is InChI=1S/C20H22N6O3S/c1-2-25(20-23-16-5-3-4-6-17(16)30-20)19(27)13-24-10-9-14(12-24)22-18-8-7-15(11-21-18)26(28)29/h3-8,11,14H,2,9-10,12-13H2,1H3,(H,21,22). The van der Waals surface area contributed by atoms with E-state index in [1.54, 1.807) is 11.0 Å². The summed E-state index contributed by atoms with van der Waals surface area (Å²) in [5.74, 6) is 0.633. The van der Waals surface area contributed by atoms with Crippen LogP contribution in [0, 0.1) is 10.1 Å². The molecule has 3 heterocycles. The molecule has 1 unspecified atom stereocenters. The number of thiazole rings is 1. The molecule has 156 valence electrons. The first-order valence-corrected chi connectivity index (χ1v) is 10.6. The second-order valence-electron chi connectivity index (χ2n) is 7.13. The summed E-state index contributed by atoms with van der Waals surface area (Å²) in [6, 6.07) is 11.1. The van der Waals surface area contributed by atoms with Crippen LogP contribution in [0.15, 0.2) is 42.6 Å². The molecule has 1 aliphatic rings. The molecule has 1 fully saturated rings. The van der Waals surface area contributed by atoms with E-state index in [1.807, 2.05) is 31.2 Å². The zero-order valence-corrected chi connectivity index (χ0v) is 17.3. The van der Waals surface area contributed by atoms with Crippen molar-refractivity contribution >= 4 is 44.1 Å². The molecule has 0 bridgehead atoms. The zero-order valence-electron chi connectivity index (χ0n) is 16.5. The van der Waals surface area contributed by atoms with Crippen LogP contribution in [0.25, 0.3) is 10.2 Å². The number of nitrogens with one attached hydrogen (secondary N) is 1. The maximum atomic E-state index is 12.9. The summed E-state index contributed by atoms with van der Waals surface area (Å²) in [6.07, 6.45) is 2.12. The second-order valence-corrected chi connectivity index (χ2v) is 8.14.